The Morgan fingerprint density at radius 2 is 1.79 bits per heavy atom. The zero-order valence-corrected chi connectivity index (χ0v) is 17.7. The van der Waals surface area contributed by atoms with E-state index < -0.39 is 82.2 Å². The molecule has 3 atom stereocenters. The quantitative estimate of drug-likeness (QED) is 0.275. The van der Waals surface area contributed by atoms with Crippen LogP contribution in [0.5, 0.6) is 0 Å². The van der Waals surface area contributed by atoms with E-state index in [9.17, 15) is 41.7 Å². The van der Waals surface area contributed by atoms with Gasteiger partial charge < -0.3 is 25.0 Å². The highest BCUT2D eigenvalue weighted by molar-refractivity contribution is 7.80. The number of aliphatic hydroxyl groups is 1. The van der Waals surface area contributed by atoms with Crippen LogP contribution in [0, 0.1) is 29.2 Å². The van der Waals surface area contributed by atoms with Crippen molar-refractivity contribution in [1.82, 2.24) is 9.47 Å². The van der Waals surface area contributed by atoms with Crippen molar-refractivity contribution in [3.63, 3.8) is 0 Å². The molecule has 15 heteroatoms. The summed E-state index contributed by atoms with van der Waals surface area (Å²) in [5.41, 5.74) is -1.75. The van der Waals surface area contributed by atoms with Crippen LogP contribution >= 0.6 is 0 Å². The van der Waals surface area contributed by atoms with Gasteiger partial charge in [0.05, 0.1) is 6.04 Å². The molecule has 0 bridgehead atoms. The number of likely N-dealkylation sites (tertiary alicyclic amines) is 1. The molecule has 2 aromatic rings. The fourth-order valence-corrected chi connectivity index (χ4v) is 4.41. The first-order chi connectivity index (χ1) is 15.5. The van der Waals surface area contributed by atoms with Crippen molar-refractivity contribution in [3.05, 3.63) is 47.3 Å². The van der Waals surface area contributed by atoms with Crippen molar-refractivity contribution in [2.24, 2.45) is 13.0 Å². The van der Waals surface area contributed by atoms with E-state index in [-0.39, 0.29) is 13.1 Å². The maximum atomic E-state index is 15.3. The number of hydrogen-bond acceptors (Lipinski definition) is 4. The Labute approximate surface area is 186 Å². The maximum absolute atomic E-state index is 15.3. The van der Waals surface area contributed by atoms with Gasteiger partial charge in [-0.15, -0.1) is 0 Å². The summed E-state index contributed by atoms with van der Waals surface area (Å²) in [6.45, 7) is -1.06. The average Bonchev–Trinajstić information content (AvgIpc) is 3.27. The highest BCUT2D eigenvalue weighted by Gasteiger charge is 2.42. The van der Waals surface area contributed by atoms with Crippen molar-refractivity contribution in [2.75, 3.05) is 29.3 Å². The van der Waals surface area contributed by atoms with Crippen molar-refractivity contribution < 1.29 is 46.1 Å². The number of carbonyl (C=O) groups excluding carboxylic acids is 1. The maximum Gasteiger partial charge on any atom is 0.407 e. The Morgan fingerprint density at radius 3 is 2.30 bits per heavy atom. The second-order valence-electron chi connectivity index (χ2n) is 7.25. The molecule has 3 rings (SSSR count). The molecule has 4 N–H and O–H groups in total. The van der Waals surface area contributed by atoms with Crippen LogP contribution in [0.1, 0.15) is 10.5 Å². The van der Waals surface area contributed by atoms with Gasteiger partial charge in [0, 0.05) is 56.7 Å². The van der Waals surface area contributed by atoms with Crippen LogP contribution in [0.25, 0.3) is 0 Å². The first-order valence-corrected chi connectivity index (χ1v) is 10.3. The zero-order valence-electron chi connectivity index (χ0n) is 16.8. The molecule has 1 aliphatic rings. The number of aromatic nitrogens is 1. The monoisotopic (exact) mass is 494 g/mol. The van der Waals surface area contributed by atoms with Gasteiger partial charge in [-0.25, -0.2) is 26.6 Å². The Balaban J connectivity index is 1.96. The third-order valence-corrected chi connectivity index (χ3v) is 5.98. The Hall–Kier alpha value is -3.17. The second-order valence-corrected chi connectivity index (χ2v) is 8.10. The molecule has 1 aromatic heterocycles. The molecule has 33 heavy (non-hydrogen) atoms. The number of carbonyl (C=O) groups is 2. The first kappa shape index (κ1) is 24.5. The standard InChI is InChI=1S/C18H18F4N4O6S/c1-24-5-13(26(33(31)32)12-6-25(18(29)30)4-8(12)7-27)15(22)16(24)17(28)23-9-2-10(19)14(21)11(20)3-9/h2-3,5,8,12,27H,4,6-7H2,1H3,(H,23,28)(H,29,30)(H,31,32). The average molecular weight is 494 g/mol. The molecule has 0 spiro atoms. The number of hydrogen-bond donors (Lipinski definition) is 4. The summed E-state index contributed by atoms with van der Waals surface area (Å²) in [5.74, 6) is -8.25. The van der Waals surface area contributed by atoms with Crippen LogP contribution in [-0.2, 0) is 18.3 Å². The number of amides is 2. The predicted octanol–water partition coefficient (Wildman–Crippen LogP) is 1.75. The first-order valence-electron chi connectivity index (χ1n) is 9.25. The van der Waals surface area contributed by atoms with E-state index in [0.717, 1.165) is 15.7 Å². The summed E-state index contributed by atoms with van der Waals surface area (Å²) in [6.07, 6.45) is -0.353. The highest BCUT2D eigenvalue weighted by atomic mass is 32.2. The third kappa shape index (κ3) is 4.65. The molecular weight excluding hydrogens is 476 g/mol. The fourth-order valence-electron chi connectivity index (χ4n) is 3.65. The van der Waals surface area contributed by atoms with Crippen molar-refractivity contribution >= 4 is 34.6 Å². The van der Waals surface area contributed by atoms with E-state index in [0.29, 0.717) is 16.4 Å². The number of nitrogens with zero attached hydrogens (tertiary/aromatic N) is 3. The van der Waals surface area contributed by atoms with Crippen LogP contribution in [0.2, 0.25) is 0 Å². The summed E-state index contributed by atoms with van der Waals surface area (Å²) in [5, 5.41) is 20.8. The van der Waals surface area contributed by atoms with Crippen molar-refractivity contribution in [3.8, 4) is 0 Å². The van der Waals surface area contributed by atoms with Gasteiger partial charge in [0.1, 0.15) is 11.4 Å². The van der Waals surface area contributed by atoms with Crippen LogP contribution in [0.15, 0.2) is 18.3 Å². The molecule has 180 valence electrons. The molecule has 0 aliphatic carbocycles. The van der Waals surface area contributed by atoms with Gasteiger partial charge in [0.2, 0.25) is 0 Å². The molecule has 2 amide bonds. The number of benzene rings is 1. The Kier molecular flexibility index (Phi) is 6.94. The number of rotatable bonds is 6. The lowest BCUT2D eigenvalue weighted by Gasteiger charge is -2.28. The van der Waals surface area contributed by atoms with Gasteiger partial charge in [0.25, 0.3) is 17.2 Å². The van der Waals surface area contributed by atoms with E-state index in [1.165, 1.54) is 7.05 Å². The fraction of sp³-hybridized carbons (Fsp3) is 0.333. The lowest BCUT2D eigenvalue weighted by Crippen LogP contribution is -2.43. The molecule has 0 radical (unpaired) electrons. The number of aliphatic hydroxyl groups excluding tert-OH is 1. The number of aryl methyl sites for hydroxylation is 1. The largest absolute Gasteiger partial charge is 0.465 e. The molecule has 3 unspecified atom stereocenters. The molecule has 1 aromatic carbocycles. The molecule has 1 saturated heterocycles. The van der Waals surface area contributed by atoms with E-state index in [2.05, 4.69) is 0 Å². The Bertz CT molecular complexity index is 1110. The van der Waals surface area contributed by atoms with Gasteiger partial charge in [-0.2, -0.15) is 0 Å². The highest BCUT2D eigenvalue weighted by Crippen LogP contribution is 2.32. The van der Waals surface area contributed by atoms with Gasteiger partial charge >= 0.3 is 6.09 Å². The molecular formula is C18H18F4N4O6S. The van der Waals surface area contributed by atoms with Crippen molar-refractivity contribution in [2.45, 2.75) is 6.04 Å². The van der Waals surface area contributed by atoms with E-state index in [4.69, 9.17) is 0 Å². The van der Waals surface area contributed by atoms with Crippen LogP contribution in [0.4, 0.5) is 33.7 Å². The van der Waals surface area contributed by atoms with E-state index in [1.807, 2.05) is 5.32 Å². The molecule has 0 saturated carbocycles. The summed E-state index contributed by atoms with van der Waals surface area (Å²) < 4.78 is 78.6. The zero-order chi connectivity index (χ0) is 24.6. The van der Waals surface area contributed by atoms with Crippen LogP contribution in [-0.4, -0.2) is 66.2 Å². The van der Waals surface area contributed by atoms with Gasteiger partial charge in [-0.1, -0.05) is 0 Å². The minimum Gasteiger partial charge on any atom is -0.465 e. The molecule has 10 nitrogen and oxygen atoms in total. The SMILES string of the molecule is Cn1cc(N(C2CN(C(=O)O)CC2CO)S(=O)O)c(F)c1C(=O)Nc1cc(F)c(F)c(F)c1. The second kappa shape index (κ2) is 9.36. The van der Waals surface area contributed by atoms with Crippen LogP contribution in [0.3, 0.4) is 0 Å². The summed E-state index contributed by atoms with van der Waals surface area (Å²) in [6, 6.07) is -0.138. The number of anilines is 2. The van der Waals surface area contributed by atoms with Crippen molar-refractivity contribution in [1.29, 1.82) is 0 Å². The van der Waals surface area contributed by atoms with Gasteiger partial charge in [-0.05, 0) is 0 Å². The minimum absolute atomic E-state index is 0.173. The van der Waals surface area contributed by atoms with Crippen LogP contribution < -0.4 is 9.62 Å². The number of nitrogens with one attached hydrogen (secondary N) is 1. The lowest BCUT2D eigenvalue weighted by molar-refractivity contribution is 0.101. The lowest BCUT2D eigenvalue weighted by atomic mass is 10.1. The summed E-state index contributed by atoms with van der Waals surface area (Å²) in [4.78, 5) is 24.7. The van der Waals surface area contributed by atoms with Gasteiger partial charge in [-0.3, -0.25) is 13.7 Å². The Morgan fingerprint density at radius 1 is 1.18 bits per heavy atom. The number of halogens is 4. The smallest absolute Gasteiger partial charge is 0.407 e. The van der Waals surface area contributed by atoms with Gasteiger partial charge in [0.15, 0.2) is 23.3 Å². The van der Waals surface area contributed by atoms with E-state index in [1.54, 1.807) is 0 Å². The molecule has 1 fully saturated rings. The van der Waals surface area contributed by atoms with E-state index >= 15 is 4.39 Å². The topological polar surface area (TPSA) is 135 Å². The molecule has 1 aliphatic heterocycles. The molecule has 2 heterocycles. The number of carboxylic acid groups (broad SMARTS) is 1. The normalized spacial score (nSPS) is 18.9. The summed E-state index contributed by atoms with van der Waals surface area (Å²) in [7, 11) is 1.22. The minimum atomic E-state index is -2.88. The third-order valence-electron chi connectivity index (χ3n) is 5.18. The summed E-state index contributed by atoms with van der Waals surface area (Å²) >= 11 is -2.88. The predicted molar refractivity (Wildman–Crippen MR) is 107 cm³/mol.